The fraction of sp³-hybridized carbons (Fsp3) is 0.306. The number of nitriles is 1. The zero-order chi connectivity index (χ0) is 98.1. The van der Waals surface area contributed by atoms with Crippen LogP contribution in [0.5, 0.6) is 0 Å². The lowest BCUT2D eigenvalue weighted by Gasteiger charge is -2.23. The van der Waals surface area contributed by atoms with Crippen molar-refractivity contribution in [3.05, 3.63) is 240 Å². The average molecular weight is 2040 g/mol. The monoisotopic (exact) mass is 2040 g/mol. The Morgan fingerprint density at radius 2 is 0.833 bits per heavy atom. The topological polar surface area (TPSA) is 467 Å². The minimum Gasteiger partial charge on any atom is -0.486 e. The van der Waals surface area contributed by atoms with Gasteiger partial charge in [-0.05, 0) is 243 Å². The Kier molecular flexibility index (Phi) is 28.8. The van der Waals surface area contributed by atoms with Gasteiger partial charge in [0.15, 0.2) is 28.2 Å². The number of furan rings is 3. The van der Waals surface area contributed by atoms with Crippen LogP contribution in [0.25, 0.3) is 88.7 Å². The standard InChI is InChI=1S/C21H20N8S.C20H21N7O2S.C20H19N7OS.C19H20N6OS.C18H20N8S2/c1-13-7-20(30-28-13)27-19-8-18(15-3-2-6-23-10-15)26-21-17(12-25-29(19)21)14-4-5-16(9-22)24-11-14;1-12-5-19(30-26-12)25-18-7-17(13-3-2-4-21-8-13)24-20-16(10-22-27(18)20)14-6-15(9-23-28)29-11-14;1-12-6-19(29-26-12)25-17-8-16(13-4-3-5-22-9-13)24-20-15(10-23-27(17)20)14-7-18(21-2)28-11-14;1-12-7-18(27-24-12)23-17-8-16(13-3-2-5-20-9-13)22-19-15(10-21-25(17)19)14-4-6-26-11-14;1-11-5-17(28-24-11)22-15-6-16(27-13-3-4-19-8-13)23-18-14(9-21-26(15)18)12-7-20-25(2)10-12/h4-5,7-8,11-12,15,23,27H,2-3,6,10H2,1H3;5-7,9-11,13,21,25,28H,2-4,8H2,1H3;6-8,10-11,13,22,25H,3-5,9H2,1H3;4,6-8,10-11,13,20,23H,2-3,5,9H2,1H3;5-7,9-10,13,19,22H,3-4,8H2,1-2H3. The summed E-state index contributed by atoms with van der Waals surface area (Å²) < 4.78 is 48.8. The molecule has 0 saturated carbocycles. The highest BCUT2D eigenvalue weighted by molar-refractivity contribution is 7.99. The number of hydrogen-bond acceptors (Lipinski definition) is 39. The summed E-state index contributed by atoms with van der Waals surface area (Å²) in [7, 11) is 1.91. The minimum atomic E-state index is 0.255. The Balaban J connectivity index is 0.000000106. The number of fused-ring (bicyclic) bond motifs is 5. The Hall–Kier alpha value is -15.0. The number of nitrogens with one attached hydrogen (secondary N) is 10. The first-order valence-electron chi connectivity index (χ1n) is 47.3. The predicted molar refractivity (Wildman–Crippen MR) is 561 cm³/mol. The maximum Gasteiger partial charge on any atom is 0.346 e. The molecule has 11 N–H and O–H groups in total. The summed E-state index contributed by atoms with van der Waals surface area (Å²) in [5.41, 5.74) is 22.5. The van der Waals surface area contributed by atoms with Gasteiger partial charge in [-0.2, -0.15) is 85.1 Å². The number of anilines is 10. The lowest BCUT2D eigenvalue weighted by molar-refractivity contribution is 0.320. The molecular weight excluding hydrogens is 1940 g/mol. The highest BCUT2D eigenvalue weighted by Gasteiger charge is 2.30. The van der Waals surface area contributed by atoms with Gasteiger partial charge in [-0.3, -0.25) is 4.68 Å². The number of aromatic nitrogens is 23. The van der Waals surface area contributed by atoms with Crippen molar-refractivity contribution in [2.75, 3.05) is 92.0 Å². The number of hydrogen-bond donors (Lipinski definition) is 11. The molecule has 5 atom stereocenters. The molecule has 5 saturated heterocycles. The van der Waals surface area contributed by atoms with E-state index in [9.17, 15) is 0 Å². The number of oxime groups is 1. The van der Waals surface area contributed by atoms with E-state index in [0.717, 1.165) is 311 Å². The van der Waals surface area contributed by atoms with Crippen LogP contribution < -0.4 is 53.2 Å². The third-order valence-electron chi connectivity index (χ3n) is 25.1. The van der Waals surface area contributed by atoms with Crippen LogP contribution in [-0.4, -0.2) is 192 Å². The molecule has 144 heavy (non-hydrogen) atoms. The fourth-order valence-electron chi connectivity index (χ4n) is 18.0. The maximum atomic E-state index is 9.03. The first-order chi connectivity index (χ1) is 70.6. The fourth-order valence-corrected chi connectivity index (χ4v) is 22.5. The summed E-state index contributed by atoms with van der Waals surface area (Å²) in [6.45, 7) is 27.1. The van der Waals surface area contributed by atoms with Crippen LogP contribution in [-0.2, 0) is 7.05 Å². The summed E-state index contributed by atoms with van der Waals surface area (Å²) in [4.78, 5) is 32.4. The normalized spacial score (nSPS) is 16.9. The molecule has 40 nitrogen and oxygen atoms in total. The lowest BCUT2D eigenvalue weighted by Crippen LogP contribution is -2.29. The largest absolute Gasteiger partial charge is 0.486 e. The summed E-state index contributed by atoms with van der Waals surface area (Å²) >= 11 is 8.98. The molecule has 20 aromatic heterocycles. The lowest BCUT2D eigenvalue weighted by atomic mass is 9.96. The van der Waals surface area contributed by atoms with E-state index >= 15 is 0 Å². The molecule has 20 aromatic rings. The molecule has 5 aliphatic heterocycles. The summed E-state index contributed by atoms with van der Waals surface area (Å²) in [5, 5.41) is 89.0. The van der Waals surface area contributed by atoms with Crippen molar-refractivity contribution in [2.45, 2.75) is 126 Å². The van der Waals surface area contributed by atoms with Crippen LogP contribution >= 0.6 is 69.4 Å². The third kappa shape index (κ3) is 21.7. The van der Waals surface area contributed by atoms with Crippen molar-refractivity contribution >= 4 is 164 Å². The number of rotatable bonds is 22. The van der Waals surface area contributed by atoms with E-state index < -0.39 is 0 Å². The van der Waals surface area contributed by atoms with Gasteiger partial charge < -0.3 is 71.6 Å². The van der Waals surface area contributed by atoms with E-state index in [-0.39, 0.29) is 5.88 Å². The van der Waals surface area contributed by atoms with E-state index in [1.807, 2.05) is 134 Å². The van der Waals surface area contributed by atoms with Gasteiger partial charge in [0.05, 0.1) is 120 Å². The number of pyridine rings is 1. The van der Waals surface area contributed by atoms with Crippen LogP contribution in [0.15, 0.2) is 189 Å². The quantitative estimate of drug-likeness (QED) is 0.00987. The van der Waals surface area contributed by atoms with Crippen LogP contribution in [0.1, 0.15) is 144 Å². The molecule has 0 aromatic carbocycles. The minimum absolute atomic E-state index is 0.255. The average Bonchev–Trinajstić information content (AvgIpc) is 1.66. The van der Waals surface area contributed by atoms with Gasteiger partial charge in [-0.15, -0.1) is 11.8 Å². The van der Waals surface area contributed by atoms with Gasteiger partial charge >= 0.3 is 5.88 Å². The van der Waals surface area contributed by atoms with E-state index in [0.29, 0.717) is 40.4 Å². The van der Waals surface area contributed by atoms with Crippen molar-refractivity contribution in [1.82, 2.24) is 136 Å². The number of aryl methyl sites for hydroxylation is 6. The van der Waals surface area contributed by atoms with Crippen LogP contribution in [0.4, 0.5) is 60.0 Å². The molecule has 5 unspecified atom stereocenters. The second-order valence-corrected chi connectivity index (χ2v) is 41.0. The van der Waals surface area contributed by atoms with Crippen molar-refractivity contribution in [1.29, 1.82) is 5.26 Å². The summed E-state index contributed by atoms with van der Waals surface area (Å²) in [6, 6.07) is 31.7. The second-order valence-electron chi connectivity index (χ2n) is 35.6. The maximum absolute atomic E-state index is 9.03. The molecule has 5 fully saturated rings. The van der Waals surface area contributed by atoms with Crippen LogP contribution in [0, 0.1) is 52.5 Å². The molecule has 0 amide bonds. The number of piperidine rings is 4. The number of thioether (sulfide) groups is 1. The third-order valence-corrected chi connectivity index (χ3v) is 30.3. The highest BCUT2D eigenvalue weighted by atomic mass is 32.2. The Morgan fingerprint density at radius 3 is 1.17 bits per heavy atom. The highest BCUT2D eigenvalue weighted by Crippen LogP contribution is 2.41. The van der Waals surface area contributed by atoms with Gasteiger partial charge in [0, 0.05) is 167 Å². The van der Waals surface area contributed by atoms with Gasteiger partial charge in [0.2, 0.25) is 0 Å². The SMILES string of the molecule is Cc1cc(Nc2cc(C3CCCNC3)nc3c(-c4ccc(C#N)nc4)cnn23)sn1.Cc1cc(Nc2cc(C3CCCNC3)nc3c(-c4ccoc4)cnn23)sn1.Cc1cc(Nc2cc(C3CCCNC3)nc3c(-c4coc(C=NO)c4)cnn23)sn1.Cc1cc(Nc2cc(SC3CCNC3)nc3c(-c4cnn(C)c4)cnn23)sn1.[C-]#[N+]c1cc(-c2cnn3c(Nc4cc(C)ns4)cc(C4CCCNC4)nc23)co1. The van der Waals surface area contributed by atoms with Gasteiger partial charge in [-0.1, -0.05) is 5.16 Å². The first kappa shape index (κ1) is 95.2. The Bertz CT molecular complexity index is 7980. The Morgan fingerprint density at radius 1 is 0.438 bits per heavy atom. The molecule has 25 rings (SSSR count). The van der Waals surface area contributed by atoms with Crippen molar-refractivity contribution < 1.29 is 18.5 Å². The summed E-state index contributed by atoms with van der Waals surface area (Å²) in [6.07, 6.45) is 32.6. The molecule has 5 aliphatic rings. The number of nitrogens with zero attached hydrogens (tertiary/aromatic N) is 26. The van der Waals surface area contributed by atoms with E-state index in [2.05, 4.69) is 157 Å². The smallest absolute Gasteiger partial charge is 0.346 e. The van der Waals surface area contributed by atoms with Gasteiger partial charge in [0.1, 0.15) is 82.9 Å². The molecule has 46 heteroatoms. The molecule has 25 heterocycles. The first-order valence-corrected chi connectivity index (χ1v) is 52.1. The predicted octanol–water partition coefficient (Wildman–Crippen LogP) is 19.0. The zero-order valence-corrected chi connectivity index (χ0v) is 84.1. The van der Waals surface area contributed by atoms with Crippen LogP contribution in [0.2, 0.25) is 0 Å². The van der Waals surface area contributed by atoms with Crippen molar-refractivity contribution in [3.8, 4) is 61.7 Å². The summed E-state index contributed by atoms with van der Waals surface area (Å²) in [5.74, 6) is 6.50. The van der Waals surface area contributed by atoms with E-state index in [1.54, 1.807) is 81.8 Å². The van der Waals surface area contributed by atoms with Crippen molar-refractivity contribution in [2.24, 2.45) is 12.2 Å². The van der Waals surface area contributed by atoms with Gasteiger partial charge in [0.25, 0.3) is 0 Å². The zero-order valence-electron chi connectivity index (χ0n) is 79.2. The van der Waals surface area contributed by atoms with E-state index in [1.165, 1.54) is 70.3 Å². The van der Waals surface area contributed by atoms with Crippen LogP contribution in [0.3, 0.4) is 0 Å². The molecule has 0 spiro atoms. The molecule has 0 bridgehead atoms. The molecule has 0 aliphatic carbocycles. The van der Waals surface area contributed by atoms with Gasteiger partial charge in [-0.25, -0.2) is 29.9 Å². The molecule has 732 valence electrons. The second kappa shape index (κ2) is 43.5. The molecule has 0 radical (unpaired) electrons. The molecular formula is C98H100N36O4S6. The van der Waals surface area contributed by atoms with Crippen molar-refractivity contribution in [3.63, 3.8) is 0 Å². The van der Waals surface area contributed by atoms with E-state index in [4.69, 9.17) is 55.2 Å². The Labute approximate surface area is 849 Å².